The Bertz CT molecular complexity index is 465. The summed E-state index contributed by atoms with van der Waals surface area (Å²) in [6, 6.07) is 4.82. The van der Waals surface area contributed by atoms with Crippen molar-refractivity contribution in [3.8, 4) is 0 Å². The highest BCUT2D eigenvalue weighted by Gasteiger charge is 2.17. The molecule has 98 valence electrons. The predicted octanol–water partition coefficient (Wildman–Crippen LogP) is 2.38. The number of amides is 2. The van der Waals surface area contributed by atoms with Crippen molar-refractivity contribution < 1.29 is 9.59 Å². The van der Waals surface area contributed by atoms with Crippen LogP contribution < -0.4 is 11.1 Å². The van der Waals surface area contributed by atoms with E-state index in [0.29, 0.717) is 11.4 Å². The number of carbonyl (C=O) groups excluding carboxylic acids is 2. The van der Waals surface area contributed by atoms with Gasteiger partial charge >= 0.3 is 0 Å². The van der Waals surface area contributed by atoms with Gasteiger partial charge in [0, 0.05) is 11.7 Å². The van der Waals surface area contributed by atoms with Gasteiger partial charge in [0.25, 0.3) is 5.91 Å². The number of nitrogens with one attached hydrogen (secondary N) is 1. The van der Waals surface area contributed by atoms with Gasteiger partial charge in [0.15, 0.2) is 0 Å². The normalized spacial score (nSPS) is 11.9. The molecule has 0 spiro atoms. The number of benzene rings is 1. The summed E-state index contributed by atoms with van der Waals surface area (Å²) in [6.07, 6.45) is 1.93. The molecular formula is C12H15ClN2O2S. The number of halogens is 1. The molecule has 1 rings (SSSR count). The Morgan fingerprint density at radius 1 is 1.50 bits per heavy atom. The second-order valence-electron chi connectivity index (χ2n) is 3.87. The van der Waals surface area contributed by atoms with Gasteiger partial charge in [-0.25, -0.2) is 0 Å². The first kappa shape index (κ1) is 14.9. The van der Waals surface area contributed by atoms with Crippen molar-refractivity contribution in [3.05, 3.63) is 28.8 Å². The molecule has 3 N–H and O–H groups in total. The maximum absolute atomic E-state index is 11.9. The molecule has 0 saturated carbocycles. The van der Waals surface area contributed by atoms with Crippen LogP contribution in [0.15, 0.2) is 18.2 Å². The van der Waals surface area contributed by atoms with E-state index in [2.05, 4.69) is 5.32 Å². The van der Waals surface area contributed by atoms with E-state index in [1.165, 1.54) is 0 Å². The van der Waals surface area contributed by atoms with Crippen LogP contribution >= 0.6 is 23.4 Å². The molecule has 6 heteroatoms. The van der Waals surface area contributed by atoms with Crippen molar-refractivity contribution in [2.45, 2.75) is 6.92 Å². The number of carbonyl (C=O) groups is 2. The average molecular weight is 287 g/mol. The summed E-state index contributed by atoms with van der Waals surface area (Å²) >= 11 is 7.48. The van der Waals surface area contributed by atoms with E-state index >= 15 is 0 Å². The van der Waals surface area contributed by atoms with E-state index in [0.717, 1.165) is 0 Å². The minimum absolute atomic E-state index is 0.142. The zero-order valence-corrected chi connectivity index (χ0v) is 11.8. The third-order valence-electron chi connectivity index (χ3n) is 2.38. The lowest BCUT2D eigenvalue weighted by Gasteiger charge is -2.13. The van der Waals surface area contributed by atoms with Gasteiger partial charge in [-0.3, -0.25) is 9.59 Å². The van der Waals surface area contributed by atoms with Crippen molar-refractivity contribution in [2.24, 2.45) is 11.7 Å². The first-order valence-electron chi connectivity index (χ1n) is 5.35. The monoisotopic (exact) mass is 286 g/mol. The van der Waals surface area contributed by atoms with Gasteiger partial charge in [-0.05, 0) is 18.4 Å². The largest absolute Gasteiger partial charge is 0.365 e. The molecule has 0 radical (unpaired) electrons. The van der Waals surface area contributed by atoms with Crippen molar-refractivity contribution >= 4 is 40.9 Å². The van der Waals surface area contributed by atoms with Crippen LogP contribution in [0.5, 0.6) is 0 Å². The molecule has 18 heavy (non-hydrogen) atoms. The number of hydrogen-bond donors (Lipinski definition) is 2. The number of rotatable bonds is 5. The van der Waals surface area contributed by atoms with Crippen LogP contribution in [0.1, 0.15) is 17.3 Å². The van der Waals surface area contributed by atoms with Gasteiger partial charge in [0.1, 0.15) is 0 Å². The maximum atomic E-state index is 11.9. The molecular weight excluding hydrogens is 272 g/mol. The van der Waals surface area contributed by atoms with Crippen LogP contribution in [-0.2, 0) is 4.79 Å². The van der Waals surface area contributed by atoms with E-state index in [-0.39, 0.29) is 22.4 Å². The fourth-order valence-electron chi connectivity index (χ4n) is 1.46. The lowest BCUT2D eigenvalue weighted by atomic mass is 10.1. The quantitative estimate of drug-likeness (QED) is 0.873. The molecule has 0 fully saturated rings. The molecule has 4 nitrogen and oxygen atoms in total. The minimum Gasteiger partial charge on any atom is -0.365 e. The van der Waals surface area contributed by atoms with Gasteiger partial charge in [0.2, 0.25) is 5.91 Å². The number of primary amides is 1. The molecule has 0 aliphatic heterocycles. The van der Waals surface area contributed by atoms with Crippen molar-refractivity contribution in [2.75, 3.05) is 17.3 Å². The fraction of sp³-hybridized carbons (Fsp3) is 0.333. The first-order chi connectivity index (χ1) is 8.47. The second kappa shape index (κ2) is 6.66. The Morgan fingerprint density at radius 3 is 2.72 bits per heavy atom. The molecule has 1 atom stereocenters. The van der Waals surface area contributed by atoms with Gasteiger partial charge in [-0.2, -0.15) is 11.8 Å². The van der Waals surface area contributed by atoms with E-state index in [1.54, 1.807) is 30.0 Å². The lowest BCUT2D eigenvalue weighted by molar-refractivity contribution is -0.118. The van der Waals surface area contributed by atoms with E-state index < -0.39 is 5.91 Å². The summed E-state index contributed by atoms with van der Waals surface area (Å²) in [7, 11) is 0. The molecule has 0 saturated heterocycles. The van der Waals surface area contributed by atoms with Gasteiger partial charge < -0.3 is 11.1 Å². The number of hydrogen-bond acceptors (Lipinski definition) is 3. The summed E-state index contributed by atoms with van der Waals surface area (Å²) in [5.41, 5.74) is 5.74. The van der Waals surface area contributed by atoms with E-state index in [4.69, 9.17) is 17.3 Å². The molecule has 2 amide bonds. The minimum atomic E-state index is -0.659. The van der Waals surface area contributed by atoms with E-state index in [9.17, 15) is 9.59 Å². The Kier molecular flexibility index (Phi) is 5.50. The Hall–Kier alpha value is -1.20. The number of thioether (sulfide) groups is 1. The van der Waals surface area contributed by atoms with Crippen LogP contribution in [0.3, 0.4) is 0 Å². The second-order valence-corrected chi connectivity index (χ2v) is 5.19. The first-order valence-corrected chi connectivity index (χ1v) is 7.12. The highest BCUT2D eigenvalue weighted by molar-refractivity contribution is 7.98. The van der Waals surface area contributed by atoms with Gasteiger partial charge in [0.05, 0.1) is 16.3 Å². The fourth-order valence-corrected chi connectivity index (χ4v) is 2.38. The molecule has 0 heterocycles. The number of anilines is 1. The Labute approximate surface area is 115 Å². The summed E-state index contributed by atoms with van der Waals surface area (Å²) < 4.78 is 0. The van der Waals surface area contributed by atoms with Crippen LogP contribution in [0.25, 0.3) is 0 Å². The smallest absolute Gasteiger partial charge is 0.252 e. The van der Waals surface area contributed by atoms with Crippen molar-refractivity contribution in [1.82, 2.24) is 0 Å². The standard InChI is InChI=1S/C12H15ClN2O2S/c1-7(6-18-2)12(17)15-9-5-3-4-8(13)10(9)11(14)16/h3-5,7H,6H2,1-2H3,(H2,14,16)(H,15,17). The maximum Gasteiger partial charge on any atom is 0.252 e. The number of nitrogens with two attached hydrogens (primary N) is 1. The average Bonchev–Trinajstić information content (AvgIpc) is 2.28. The van der Waals surface area contributed by atoms with Crippen LogP contribution in [-0.4, -0.2) is 23.8 Å². The molecule has 1 aromatic rings. The van der Waals surface area contributed by atoms with Gasteiger partial charge in [-0.1, -0.05) is 24.6 Å². The lowest BCUT2D eigenvalue weighted by Crippen LogP contribution is -2.24. The van der Waals surface area contributed by atoms with Crippen molar-refractivity contribution in [1.29, 1.82) is 0 Å². The highest BCUT2D eigenvalue weighted by atomic mass is 35.5. The van der Waals surface area contributed by atoms with Gasteiger partial charge in [-0.15, -0.1) is 0 Å². The molecule has 0 bridgehead atoms. The molecule has 0 aliphatic carbocycles. The SMILES string of the molecule is CSCC(C)C(=O)Nc1cccc(Cl)c1C(N)=O. The third kappa shape index (κ3) is 3.65. The molecule has 1 unspecified atom stereocenters. The summed E-state index contributed by atoms with van der Waals surface area (Å²) in [4.78, 5) is 23.2. The van der Waals surface area contributed by atoms with Crippen LogP contribution in [0.2, 0.25) is 5.02 Å². The highest BCUT2D eigenvalue weighted by Crippen LogP contribution is 2.24. The van der Waals surface area contributed by atoms with Crippen LogP contribution in [0, 0.1) is 5.92 Å². The Balaban J connectivity index is 2.94. The molecule has 0 aromatic heterocycles. The Morgan fingerprint density at radius 2 is 2.17 bits per heavy atom. The molecule has 1 aromatic carbocycles. The summed E-state index contributed by atoms with van der Waals surface area (Å²) in [5.74, 6) is -0.263. The summed E-state index contributed by atoms with van der Waals surface area (Å²) in [5, 5.41) is 2.91. The van der Waals surface area contributed by atoms with E-state index in [1.807, 2.05) is 13.2 Å². The van der Waals surface area contributed by atoms with Crippen molar-refractivity contribution in [3.63, 3.8) is 0 Å². The topological polar surface area (TPSA) is 72.2 Å². The zero-order valence-electron chi connectivity index (χ0n) is 10.2. The van der Waals surface area contributed by atoms with Crippen LogP contribution in [0.4, 0.5) is 5.69 Å². The zero-order chi connectivity index (χ0) is 13.7. The third-order valence-corrected chi connectivity index (χ3v) is 3.53. The molecule has 0 aliphatic rings. The summed E-state index contributed by atoms with van der Waals surface area (Å²) in [6.45, 7) is 1.82. The predicted molar refractivity (Wildman–Crippen MR) is 76.1 cm³/mol.